The zero-order valence-electron chi connectivity index (χ0n) is 17.4. The van der Waals surface area contributed by atoms with Gasteiger partial charge in [-0.05, 0) is 6.42 Å². The van der Waals surface area contributed by atoms with Crippen molar-refractivity contribution >= 4 is 41.4 Å². The number of nitrogens with one attached hydrogen (secondary N) is 2. The third-order valence-electron chi connectivity index (χ3n) is 4.72. The predicted molar refractivity (Wildman–Crippen MR) is 109 cm³/mol. The van der Waals surface area contributed by atoms with Gasteiger partial charge < -0.3 is 25.7 Å². The number of carbonyl (C=O) groups is 5. The summed E-state index contributed by atoms with van der Waals surface area (Å²) in [6.07, 6.45) is -0.211. The first-order chi connectivity index (χ1) is 15.3. The Kier molecular flexibility index (Phi) is 9.96. The number of rotatable bonds is 14. The molecule has 0 spiro atoms. The van der Waals surface area contributed by atoms with Crippen molar-refractivity contribution in [1.82, 2.24) is 15.5 Å². The molecule has 2 atom stereocenters. The van der Waals surface area contributed by atoms with E-state index in [1.165, 1.54) is 6.92 Å². The maximum atomic E-state index is 12.2. The summed E-state index contributed by atoms with van der Waals surface area (Å²) < 4.78 is 0. The topological polar surface area (TPSA) is 239 Å². The number of hydrogen-bond acceptors (Lipinski definition) is 10. The van der Waals surface area contributed by atoms with E-state index in [1.54, 1.807) is 0 Å². The lowest BCUT2D eigenvalue weighted by atomic mass is 10.0. The third kappa shape index (κ3) is 7.85. The maximum absolute atomic E-state index is 12.2. The molecule has 3 amide bonds. The normalized spacial score (nSPS) is 16.0. The van der Waals surface area contributed by atoms with E-state index in [0.29, 0.717) is 0 Å². The van der Waals surface area contributed by atoms with Gasteiger partial charge in [0, 0.05) is 12.2 Å². The van der Waals surface area contributed by atoms with Crippen LogP contribution in [0.4, 0.5) is 0 Å². The molecule has 0 aromatic heterocycles. The van der Waals surface area contributed by atoms with E-state index in [2.05, 4.69) is 10.6 Å². The van der Waals surface area contributed by atoms with Crippen molar-refractivity contribution in [2.24, 2.45) is 5.92 Å². The second kappa shape index (κ2) is 11.9. The van der Waals surface area contributed by atoms with Gasteiger partial charge in [-0.25, -0.2) is 0 Å². The molecule has 1 aliphatic rings. The molecule has 0 radical (unpaired) electrons. The zero-order chi connectivity index (χ0) is 25.3. The molecule has 1 saturated heterocycles. The average Bonchev–Trinajstić information content (AvgIpc) is 2.67. The molecule has 0 bridgehead atoms. The molecule has 4 N–H and O–H groups in total. The molecule has 1 aliphatic heterocycles. The van der Waals surface area contributed by atoms with E-state index in [0.717, 1.165) is 16.7 Å². The van der Waals surface area contributed by atoms with Crippen molar-refractivity contribution in [1.29, 1.82) is 0 Å². The molecule has 184 valence electrons. The Bertz CT molecular complexity index is 814. The number of carboxylic acid groups (broad SMARTS) is 2. The van der Waals surface area contributed by atoms with E-state index < -0.39 is 76.8 Å². The standard InChI is InChI=1S/C16H23N5O11S/c1-9(15(27)28)2-3-11(22)18-10(14(26)17-4-13(24)25)5-33-6-12(23)19-7-16(8-19,20(29)30)21(31)32/h9-10H,2-8H2,1H3,(H,17,26)(H,18,22)(H,24,25)(H,27,28)/t9?,10-/m0/s1. The summed E-state index contributed by atoms with van der Waals surface area (Å²) in [5.41, 5.74) is -2.44. The Morgan fingerprint density at radius 1 is 1.12 bits per heavy atom. The lowest BCUT2D eigenvalue weighted by Gasteiger charge is -2.36. The van der Waals surface area contributed by atoms with Gasteiger partial charge in [0.15, 0.2) is 13.1 Å². The van der Waals surface area contributed by atoms with Crippen molar-refractivity contribution in [2.75, 3.05) is 31.1 Å². The highest BCUT2D eigenvalue weighted by molar-refractivity contribution is 8.00. The molecule has 0 saturated carbocycles. The minimum atomic E-state index is -2.44. The van der Waals surface area contributed by atoms with Gasteiger partial charge in [-0.1, -0.05) is 6.92 Å². The van der Waals surface area contributed by atoms with Crippen molar-refractivity contribution < 1.29 is 44.0 Å². The number of carbonyl (C=O) groups excluding carboxylic acids is 3. The molecule has 16 nitrogen and oxygen atoms in total. The Morgan fingerprint density at radius 3 is 2.18 bits per heavy atom. The van der Waals surface area contributed by atoms with Crippen LogP contribution in [0.15, 0.2) is 0 Å². The van der Waals surface area contributed by atoms with Crippen LogP contribution < -0.4 is 10.6 Å². The Labute approximate surface area is 190 Å². The van der Waals surface area contributed by atoms with Gasteiger partial charge in [0.05, 0.1) is 11.7 Å². The first-order valence-electron chi connectivity index (χ1n) is 9.46. The number of carboxylic acids is 2. The Balaban J connectivity index is 2.62. The van der Waals surface area contributed by atoms with Gasteiger partial charge in [-0.3, -0.25) is 44.2 Å². The van der Waals surface area contributed by atoms with Gasteiger partial charge in [-0.2, -0.15) is 0 Å². The first kappa shape index (κ1) is 27.5. The van der Waals surface area contributed by atoms with Crippen LogP contribution in [-0.2, 0) is 24.0 Å². The van der Waals surface area contributed by atoms with Crippen LogP contribution in [0.3, 0.4) is 0 Å². The molecule has 0 aromatic rings. The molecule has 1 unspecified atom stereocenters. The first-order valence-corrected chi connectivity index (χ1v) is 10.6. The minimum absolute atomic E-state index is 0.000136. The number of amides is 3. The molecular weight excluding hydrogens is 470 g/mol. The lowest BCUT2D eigenvalue weighted by molar-refractivity contribution is -0.809. The van der Waals surface area contributed by atoms with Crippen LogP contribution in [-0.4, -0.2) is 97.5 Å². The third-order valence-corrected chi connectivity index (χ3v) is 5.74. The molecule has 0 aliphatic carbocycles. The molecule has 1 heterocycles. The molecule has 1 rings (SSSR count). The summed E-state index contributed by atoms with van der Waals surface area (Å²) in [5.74, 6) is -5.87. The van der Waals surface area contributed by atoms with Crippen LogP contribution in [0.1, 0.15) is 19.8 Å². The van der Waals surface area contributed by atoms with Crippen LogP contribution in [0.25, 0.3) is 0 Å². The predicted octanol–water partition coefficient (Wildman–Crippen LogP) is -2.00. The number of thioether (sulfide) groups is 1. The van der Waals surface area contributed by atoms with E-state index >= 15 is 0 Å². The summed E-state index contributed by atoms with van der Waals surface area (Å²) in [5, 5.41) is 43.8. The summed E-state index contributed by atoms with van der Waals surface area (Å²) in [4.78, 5) is 78.5. The number of nitrogens with zero attached hydrogens (tertiary/aromatic N) is 3. The van der Waals surface area contributed by atoms with Crippen LogP contribution in [0, 0.1) is 26.1 Å². The molecule has 0 aromatic carbocycles. The minimum Gasteiger partial charge on any atom is -0.481 e. The Morgan fingerprint density at radius 2 is 1.70 bits per heavy atom. The van der Waals surface area contributed by atoms with Crippen LogP contribution in [0.5, 0.6) is 0 Å². The monoisotopic (exact) mass is 493 g/mol. The quantitative estimate of drug-likeness (QED) is 0.117. The summed E-state index contributed by atoms with van der Waals surface area (Å²) >= 11 is 0.850. The van der Waals surface area contributed by atoms with Crippen molar-refractivity contribution in [2.45, 2.75) is 31.5 Å². The second-order valence-electron chi connectivity index (χ2n) is 7.27. The lowest BCUT2D eigenvalue weighted by Crippen LogP contribution is -2.71. The van der Waals surface area contributed by atoms with Crippen molar-refractivity contribution in [3.63, 3.8) is 0 Å². The fourth-order valence-electron chi connectivity index (χ4n) is 2.60. The highest BCUT2D eigenvalue weighted by Crippen LogP contribution is 2.26. The number of likely N-dealkylation sites (tertiary alicyclic amines) is 1. The van der Waals surface area contributed by atoms with Crippen LogP contribution >= 0.6 is 11.8 Å². The number of nitro groups is 2. The molecule has 17 heteroatoms. The largest absolute Gasteiger partial charge is 0.492 e. The smallest absolute Gasteiger partial charge is 0.481 e. The maximum Gasteiger partial charge on any atom is 0.492 e. The van der Waals surface area contributed by atoms with Gasteiger partial charge in [-0.15, -0.1) is 11.8 Å². The highest BCUT2D eigenvalue weighted by atomic mass is 32.2. The van der Waals surface area contributed by atoms with Gasteiger partial charge in [0.25, 0.3) is 0 Å². The second-order valence-corrected chi connectivity index (χ2v) is 8.30. The van der Waals surface area contributed by atoms with Crippen molar-refractivity contribution in [3.05, 3.63) is 20.2 Å². The fraction of sp³-hybridized carbons (Fsp3) is 0.688. The highest BCUT2D eigenvalue weighted by Gasteiger charge is 2.67. The number of hydrogen-bond donors (Lipinski definition) is 4. The van der Waals surface area contributed by atoms with E-state index in [4.69, 9.17) is 10.2 Å². The fourth-order valence-corrected chi connectivity index (χ4v) is 3.55. The van der Waals surface area contributed by atoms with E-state index in [-0.39, 0.29) is 24.3 Å². The van der Waals surface area contributed by atoms with Gasteiger partial charge in [0.2, 0.25) is 17.7 Å². The summed E-state index contributed by atoms with van der Waals surface area (Å²) in [6, 6.07) is -1.25. The van der Waals surface area contributed by atoms with Gasteiger partial charge in [0.1, 0.15) is 22.4 Å². The summed E-state index contributed by atoms with van der Waals surface area (Å²) in [6.45, 7) is -0.722. The molecule has 33 heavy (non-hydrogen) atoms. The van der Waals surface area contributed by atoms with Crippen LogP contribution in [0.2, 0.25) is 0 Å². The number of aliphatic carboxylic acids is 2. The molecular formula is C16H23N5O11S. The molecule has 1 fully saturated rings. The van der Waals surface area contributed by atoms with E-state index in [9.17, 15) is 44.2 Å². The van der Waals surface area contributed by atoms with E-state index in [1.807, 2.05) is 0 Å². The zero-order valence-corrected chi connectivity index (χ0v) is 18.2. The Hall–Kier alpha value is -3.50. The van der Waals surface area contributed by atoms with Gasteiger partial charge >= 0.3 is 17.6 Å². The average molecular weight is 493 g/mol. The van der Waals surface area contributed by atoms with Crippen molar-refractivity contribution in [3.8, 4) is 0 Å². The summed E-state index contributed by atoms with van der Waals surface area (Å²) in [7, 11) is 0. The SMILES string of the molecule is CC(CCC(=O)N[C@@H](CSCC(=O)N1CC([N+](=O)[O-])([N+](=O)[O-])C1)C(=O)NCC(=O)O)C(=O)O.